The Bertz CT molecular complexity index is 492. The van der Waals surface area contributed by atoms with Gasteiger partial charge in [-0.2, -0.15) is 0 Å². The standard InChI is InChI=1S/C17H24N2O/c1-17(9-5-2-6-10-17)12-19-16(20)14-11-18-15-8-4-3-7-13(14)15/h3-4,7-8,14,18H,2,5-6,9-12H2,1H3,(H,19,20). The highest BCUT2D eigenvalue weighted by molar-refractivity contribution is 5.88. The highest BCUT2D eigenvalue weighted by Crippen LogP contribution is 2.35. The summed E-state index contributed by atoms with van der Waals surface area (Å²) in [6.07, 6.45) is 6.45. The summed E-state index contributed by atoms with van der Waals surface area (Å²) < 4.78 is 0. The van der Waals surface area contributed by atoms with Gasteiger partial charge in [0.15, 0.2) is 0 Å². The number of carbonyl (C=O) groups is 1. The molecule has 0 spiro atoms. The lowest BCUT2D eigenvalue weighted by Gasteiger charge is -2.34. The van der Waals surface area contributed by atoms with E-state index >= 15 is 0 Å². The van der Waals surface area contributed by atoms with Crippen molar-refractivity contribution >= 4 is 11.6 Å². The Balaban J connectivity index is 1.60. The molecule has 20 heavy (non-hydrogen) atoms. The summed E-state index contributed by atoms with van der Waals surface area (Å²) in [5.41, 5.74) is 2.55. The van der Waals surface area contributed by atoms with E-state index < -0.39 is 0 Å². The molecule has 0 bridgehead atoms. The van der Waals surface area contributed by atoms with Gasteiger partial charge in [0.25, 0.3) is 0 Å². The zero-order valence-corrected chi connectivity index (χ0v) is 12.2. The number of hydrogen-bond acceptors (Lipinski definition) is 2. The van der Waals surface area contributed by atoms with Gasteiger partial charge in [-0.3, -0.25) is 4.79 Å². The van der Waals surface area contributed by atoms with E-state index in [1.165, 1.54) is 32.1 Å². The van der Waals surface area contributed by atoms with Crippen molar-refractivity contribution < 1.29 is 4.79 Å². The summed E-state index contributed by atoms with van der Waals surface area (Å²) in [4.78, 5) is 12.4. The highest BCUT2D eigenvalue weighted by atomic mass is 16.1. The van der Waals surface area contributed by atoms with Crippen molar-refractivity contribution in [2.24, 2.45) is 5.41 Å². The van der Waals surface area contributed by atoms with E-state index in [0.29, 0.717) is 5.41 Å². The second kappa shape index (κ2) is 5.47. The molecule has 1 aromatic rings. The second-order valence-electron chi connectivity index (χ2n) is 6.61. The number of fused-ring (bicyclic) bond motifs is 1. The third-order valence-electron chi connectivity index (χ3n) is 4.90. The molecule has 1 atom stereocenters. The molecule has 0 radical (unpaired) electrons. The maximum atomic E-state index is 12.4. The summed E-state index contributed by atoms with van der Waals surface area (Å²) in [6.45, 7) is 3.86. The molecule has 1 saturated carbocycles. The highest BCUT2D eigenvalue weighted by Gasteiger charge is 2.31. The van der Waals surface area contributed by atoms with Crippen LogP contribution in [0.5, 0.6) is 0 Å². The summed E-state index contributed by atoms with van der Waals surface area (Å²) in [5, 5.41) is 6.51. The minimum Gasteiger partial charge on any atom is -0.384 e. The lowest BCUT2D eigenvalue weighted by atomic mass is 9.75. The van der Waals surface area contributed by atoms with Crippen LogP contribution >= 0.6 is 0 Å². The number of hydrogen-bond donors (Lipinski definition) is 2. The van der Waals surface area contributed by atoms with Crippen molar-refractivity contribution in [2.75, 3.05) is 18.4 Å². The molecule has 1 heterocycles. The number of amides is 1. The van der Waals surface area contributed by atoms with Gasteiger partial charge in [-0.1, -0.05) is 44.4 Å². The molecule has 2 N–H and O–H groups in total. The van der Waals surface area contributed by atoms with Gasteiger partial charge in [-0.25, -0.2) is 0 Å². The fourth-order valence-electron chi connectivity index (χ4n) is 3.52. The van der Waals surface area contributed by atoms with Crippen LogP contribution in [0.4, 0.5) is 5.69 Å². The zero-order valence-electron chi connectivity index (χ0n) is 12.2. The number of carbonyl (C=O) groups excluding carboxylic acids is 1. The Labute approximate surface area is 121 Å². The molecular weight excluding hydrogens is 248 g/mol. The molecule has 1 aliphatic carbocycles. The summed E-state index contributed by atoms with van der Waals surface area (Å²) in [5.74, 6) is 0.146. The largest absolute Gasteiger partial charge is 0.384 e. The summed E-state index contributed by atoms with van der Waals surface area (Å²) >= 11 is 0. The van der Waals surface area contributed by atoms with Crippen LogP contribution in [-0.4, -0.2) is 19.0 Å². The Morgan fingerprint density at radius 3 is 2.85 bits per heavy atom. The Hall–Kier alpha value is -1.51. The maximum Gasteiger partial charge on any atom is 0.229 e. The average Bonchev–Trinajstić information content (AvgIpc) is 2.90. The van der Waals surface area contributed by atoms with E-state index in [1.807, 2.05) is 18.2 Å². The number of nitrogens with one attached hydrogen (secondary N) is 2. The van der Waals surface area contributed by atoms with Gasteiger partial charge in [-0.05, 0) is 29.9 Å². The maximum absolute atomic E-state index is 12.4. The Morgan fingerprint density at radius 2 is 2.05 bits per heavy atom. The van der Waals surface area contributed by atoms with E-state index in [9.17, 15) is 4.79 Å². The predicted molar refractivity (Wildman–Crippen MR) is 81.9 cm³/mol. The molecule has 1 aliphatic heterocycles. The van der Waals surface area contributed by atoms with Crippen molar-refractivity contribution in [3.8, 4) is 0 Å². The van der Waals surface area contributed by atoms with Crippen LogP contribution in [0.15, 0.2) is 24.3 Å². The number of para-hydroxylation sites is 1. The average molecular weight is 272 g/mol. The fraction of sp³-hybridized carbons (Fsp3) is 0.588. The number of rotatable bonds is 3. The third-order valence-corrected chi connectivity index (χ3v) is 4.90. The van der Waals surface area contributed by atoms with Crippen LogP contribution in [0.1, 0.15) is 50.5 Å². The van der Waals surface area contributed by atoms with Crippen molar-refractivity contribution in [3.63, 3.8) is 0 Å². The van der Waals surface area contributed by atoms with Gasteiger partial charge >= 0.3 is 0 Å². The summed E-state index contributed by atoms with van der Waals surface area (Å²) in [6, 6.07) is 8.12. The van der Waals surface area contributed by atoms with E-state index in [2.05, 4.69) is 23.6 Å². The Morgan fingerprint density at radius 1 is 1.30 bits per heavy atom. The molecule has 0 aromatic heterocycles. The first kappa shape index (κ1) is 13.5. The van der Waals surface area contributed by atoms with Crippen molar-refractivity contribution in [1.29, 1.82) is 0 Å². The van der Waals surface area contributed by atoms with Crippen LogP contribution < -0.4 is 10.6 Å². The van der Waals surface area contributed by atoms with Crippen LogP contribution in [0.2, 0.25) is 0 Å². The van der Waals surface area contributed by atoms with E-state index in [0.717, 1.165) is 24.3 Å². The monoisotopic (exact) mass is 272 g/mol. The topological polar surface area (TPSA) is 41.1 Å². The van der Waals surface area contributed by atoms with E-state index in [-0.39, 0.29) is 11.8 Å². The van der Waals surface area contributed by atoms with E-state index in [4.69, 9.17) is 0 Å². The smallest absolute Gasteiger partial charge is 0.229 e. The quantitative estimate of drug-likeness (QED) is 0.886. The SMILES string of the molecule is CC1(CNC(=O)C2CNc3ccccc32)CCCCC1. The molecule has 2 aliphatic rings. The van der Waals surface area contributed by atoms with Crippen LogP contribution in [-0.2, 0) is 4.79 Å². The normalized spacial score (nSPS) is 23.8. The van der Waals surface area contributed by atoms with Crippen molar-refractivity contribution in [1.82, 2.24) is 5.32 Å². The number of anilines is 1. The Kier molecular flexibility index (Phi) is 3.68. The lowest BCUT2D eigenvalue weighted by Crippen LogP contribution is -2.39. The minimum atomic E-state index is -0.0293. The van der Waals surface area contributed by atoms with Crippen molar-refractivity contribution in [2.45, 2.75) is 44.9 Å². The molecule has 1 amide bonds. The molecular formula is C17H24N2O. The van der Waals surface area contributed by atoms with E-state index in [1.54, 1.807) is 0 Å². The van der Waals surface area contributed by atoms with Crippen LogP contribution in [0.3, 0.4) is 0 Å². The van der Waals surface area contributed by atoms with Gasteiger partial charge in [0, 0.05) is 18.8 Å². The fourth-order valence-corrected chi connectivity index (χ4v) is 3.52. The second-order valence-corrected chi connectivity index (χ2v) is 6.61. The molecule has 3 nitrogen and oxygen atoms in total. The van der Waals surface area contributed by atoms with Gasteiger partial charge in [-0.15, -0.1) is 0 Å². The first-order valence-electron chi connectivity index (χ1n) is 7.78. The lowest BCUT2D eigenvalue weighted by molar-refractivity contribution is -0.122. The minimum absolute atomic E-state index is 0.0293. The first-order valence-corrected chi connectivity index (χ1v) is 7.78. The first-order chi connectivity index (χ1) is 9.68. The zero-order chi connectivity index (χ0) is 14.0. The molecule has 1 aromatic carbocycles. The summed E-state index contributed by atoms with van der Waals surface area (Å²) in [7, 11) is 0. The number of benzene rings is 1. The molecule has 1 unspecified atom stereocenters. The van der Waals surface area contributed by atoms with Gasteiger partial charge in [0.2, 0.25) is 5.91 Å². The molecule has 1 fully saturated rings. The van der Waals surface area contributed by atoms with Gasteiger partial charge < -0.3 is 10.6 Å². The van der Waals surface area contributed by atoms with Crippen molar-refractivity contribution in [3.05, 3.63) is 29.8 Å². The van der Waals surface area contributed by atoms with Crippen LogP contribution in [0.25, 0.3) is 0 Å². The third kappa shape index (κ3) is 2.67. The molecule has 0 saturated heterocycles. The van der Waals surface area contributed by atoms with Gasteiger partial charge in [0.1, 0.15) is 0 Å². The molecule has 3 rings (SSSR count). The van der Waals surface area contributed by atoms with Crippen LogP contribution in [0, 0.1) is 5.41 Å². The predicted octanol–water partition coefficient (Wildman–Crippen LogP) is 3.28. The molecule has 3 heteroatoms. The molecule has 108 valence electrons. The van der Waals surface area contributed by atoms with Gasteiger partial charge in [0.05, 0.1) is 5.92 Å².